The summed E-state index contributed by atoms with van der Waals surface area (Å²) in [5, 5.41) is 0. The van der Waals surface area contributed by atoms with E-state index >= 15 is 0 Å². The van der Waals surface area contributed by atoms with Crippen LogP contribution in [0.5, 0.6) is 0 Å². The van der Waals surface area contributed by atoms with Gasteiger partial charge in [0, 0.05) is 10.7 Å². The maximum Gasteiger partial charge on any atom is 0.261 e. The van der Waals surface area contributed by atoms with Gasteiger partial charge >= 0.3 is 0 Å². The highest BCUT2D eigenvalue weighted by molar-refractivity contribution is 8.13. The van der Waals surface area contributed by atoms with Crippen LogP contribution in [0.2, 0.25) is 0 Å². The molecule has 0 aliphatic rings. The first-order chi connectivity index (χ1) is 8.41. The summed E-state index contributed by atoms with van der Waals surface area (Å²) in [6.45, 7) is 3.77. The number of aryl methyl sites for hydroxylation is 1. The van der Waals surface area contributed by atoms with E-state index in [9.17, 15) is 8.42 Å². The molecule has 0 N–H and O–H groups in total. The minimum absolute atomic E-state index is 0.171. The number of benzene rings is 2. The second kappa shape index (κ2) is 4.75. The van der Waals surface area contributed by atoms with Gasteiger partial charge in [0.15, 0.2) is 0 Å². The summed E-state index contributed by atoms with van der Waals surface area (Å²) in [6.07, 6.45) is 0. The van der Waals surface area contributed by atoms with Gasteiger partial charge in [0.25, 0.3) is 9.05 Å². The van der Waals surface area contributed by atoms with E-state index < -0.39 is 9.05 Å². The summed E-state index contributed by atoms with van der Waals surface area (Å²) in [4.78, 5) is 0.171. The third-order valence-electron chi connectivity index (χ3n) is 2.98. The van der Waals surface area contributed by atoms with Gasteiger partial charge in [-0.1, -0.05) is 36.4 Å². The molecule has 94 valence electrons. The number of hydrogen-bond donors (Lipinski definition) is 0. The Hall–Kier alpha value is -1.32. The van der Waals surface area contributed by atoms with Crippen LogP contribution >= 0.6 is 10.7 Å². The highest BCUT2D eigenvalue weighted by Crippen LogP contribution is 2.31. The SMILES string of the molecule is Cc1ccccc1-c1cccc(S(=O)(=O)Cl)c1C. The molecule has 0 spiro atoms. The second-order valence-electron chi connectivity index (χ2n) is 4.18. The molecule has 4 heteroatoms. The van der Waals surface area contributed by atoms with Crippen LogP contribution in [0.4, 0.5) is 0 Å². The van der Waals surface area contributed by atoms with E-state index in [1.807, 2.05) is 37.3 Å². The zero-order valence-corrected chi connectivity index (χ0v) is 11.7. The van der Waals surface area contributed by atoms with Gasteiger partial charge in [0.2, 0.25) is 0 Å². The first kappa shape index (κ1) is 13.1. The Morgan fingerprint density at radius 3 is 2.11 bits per heavy atom. The van der Waals surface area contributed by atoms with Crippen LogP contribution in [0.3, 0.4) is 0 Å². The molecule has 0 bridgehead atoms. The predicted octanol–water partition coefficient (Wildman–Crippen LogP) is 3.90. The molecule has 0 atom stereocenters. The van der Waals surface area contributed by atoms with E-state index in [1.54, 1.807) is 13.0 Å². The Morgan fingerprint density at radius 1 is 0.889 bits per heavy atom. The van der Waals surface area contributed by atoms with Gasteiger partial charge in [-0.3, -0.25) is 0 Å². The fraction of sp³-hybridized carbons (Fsp3) is 0.143. The summed E-state index contributed by atoms with van der Waals surface area (Å²) in [7, 11) is 1.73. The van der Waals surface area contributed by atoms with Crippen LogP contribution in [-0.2, 0) is 9.05 Å². The summed E-state index contributed by atoms with van der Waals surface area (Å²) < 4.78 is 23.0. The average molecular weight is 281 g/mol. The smallest absolute Gasteiger partial charge is 0.207 e. The number of rotatable bonds is 2. The molecule has 0 saturated heterocycles. The van der Waals surface area contributed by atoms with Gasteiger partial charge in [0.05, 0.1) is 4.90 Å². The first-order valence-corrected chi connectivity index (χ1v) is 7.82. The zero-order valence-electron chi connectivity index (χ0n) is 10.1. The lowest BCUT2D eigenvalue weighted by Crippen LogP contribution is -1.97. The van der Waals surface area contributed by atoms with Gasteiger partial charge in [-0.2, -0.15) is 0 Å². The summed E-state index contributed by atoms with van der Waals surface area (Å²) in [5.41, 5.74) is 3.71. The minimum Gasteiger partial charge on any atom is -0.207 e. The van der Waals surface area contributed by atoms with Gasteiger partial charge in [-0.25, -0.2) is 8.42 Å². The molecule has 2 rings (SSSR count). The van der Waals surface area contributed by atoms with Crippen molar-refractivity contribution in [2.75, 3.05) is 0 Å². The lowest BCUT2D eigenvalue weighted by molar-refractivity contribution is 0.609. The van der Waals surface area contributed by atoms with Crippen LogP contribution in [0.25, 0.3) is 11.1 Å². The van der Waals surface area contributed by atoms with Crippen LogP contribution < -0.4 is 0 Å². The van der Waals surface area contributed by atoms with Crippen LogP contribution in [0, 0.1) is 13.8 Å². The quantitative estimate of drug-likeness (QED) is 0.782. The second-order valence-corrected chi connectivity index (χ2v) is 6.72. The maximum absolute atomic E-state index is 11.5. The van der Waals surface area contributed by atoms with E-state index in [2.05, 4.69) is 0 Å². The van der Waals surface area contributed by atoms with E-state index in [4.69, 9.17) is 10.7 Å². The highest BCUT2D eigenvalue weighted by atomic mass is 35.7. The predicted molar refractivity (Wildman–Crippen MR) is 74.4 cm³/mol. The molecule has 2 aromatic rings. The van der Waals surface area contributed by atoms with Crippen molar-refractivity contribution in [2.45, 2.75) is 18.7 Å². The largest absolute Gasteiger partial charge is 0.261 e. The highest BCUT2D eigenvalue weighted by Gasteiger charge is 2.16. The third kappa shape index (κ3) is 2.42. The lowest BCUT2D eigenvalue weighted by Gasteiger charge is -2.11. The van der Waals surface area contributed by atoms with Crippen molar-refractivity contribution in [2.24, 2.45) is 0 Å². The fourth-order valence-corrected chi connectivity index (χ4v) is 3.26. The maximum atomic E-state index is 11.5. The molecule has 18 heavy (non-hydrogen) atoms. The van der Waals surface area contributed by atoms with Crippen LogP contribution in [0.1, 0.15) is 11.1 Å². The molecule has 0 amide bonds. The van der Waals surface area contributed by atoms with Crippen molar-refractivity contribution < 1.29 is 8.42 Å². The van der Waals surface area contributed by atoms with Crippen LogP contribution in [-0.4, -0.2) is 8.42 Å². The van der Waals surface area contributed by atoms with E-state index in [-0.39, 0.29) is 4.90 Å². The average Bonchev–Trinajstić information content (AvgIpc) is 2.29. The van der Waals surface area contributed by atoms with Gasteiger partial charge < -0.3 is 0 Å². The first-order valence-electron chi connectivity index (χ1n) is 5.51. The Labute approximate surface area is 112 Å². The normalized spacial score (nSPS) is 11.5. The van der Waals surface area contributed by atoms with Crippen molar-refractivity contribution in [1.29, 1.82) is 0 Å². The fourth-order valence-electron chi connectivity index (χ4n) is 2.05. The molecular formula is C14H13ClO2S. The van der Waals surface area contributed by atoms with Crippen molar-refractivity contribution in [3.63, 3.8) is 0 Å². The molecule has 0 aromatic heterocycles. The molecule has 0 unspecified atom stereocenters. The van der Waals surface area contributed by atoms with Crippen LogP contribution in [0.15, 0.2) is 47.4 Å². The van der Waals surface area contributed by atoms with Crippen molar-refractivity contribution in [3.8, 4) is 11.1 Å². The van der Waals surface area contributed by atoms with Crippen molar-refractivity contribution in [3.05, 3.63) is 53.6 Å². The van der Waals surface area contributed by atoms with E-state index in [0.29, 0.717) is 5.56 Å². The van der Waals surface area contributed by atoms with Gasteiger partial charge in [0.1, 0.15) is 0 Å². The number of hydrogen-bond acceptors (Lipinski definition) is 2. The molecule has 0 radical (unpaired) electrons. The molecule has 0 aliphatic heterocycles. The molecule has 2 nitrogen and oxygen atoms in total. The topological polar surface area (TPSA) is 34.1 Å². The molecule has 0 heterocycles. The van der Waals surface area contributed by atoms with Crippen molar-refractivity contribution in [1.82, 2.24) is 0 Å². The Balaban J connectivity index is 2.72. The summed E-state index contributed by atoms with van der Waals surface area (Å²) in [6, 6.07) is 13.0. The van der Waals surface area contributed by atoms with Crippen molar-refractivity contribution >= 4 is 19.7 Å². The molecular weight excluding hydrogens is 268 g/mol. The number of halogens is 1. The van der Waals surface area contributed by atoms with Gasteiger partial charge in [-0.05, 0) is 42.2 Å². The lowest BCUT2D eigenvalue weighted by atomic mass is 9.97. The summed E-state index contributed by atoms with van der Waals surface area (Å²) >= 11 is 0. The Kier molecular flexibility index (Phi) is 3.46. The Bertz CT molecular complexity index is 691. The standard InChI is InChI=1S/C14H13ClO2S/c1-10-6-3-4-7-12(10)13-8-5-9-14(11(13)2)18(15,16)17/h3-9H,1-2H3. The molecule has 0 fully saturated rings. The zero-order chi connectivity index (χ0) is 13.3. The minimum atomic E-state index is -3.70. The van der Waals surface area contributed by atoms with E-state index in [0.717, 1.165) is 16.7 Å². The molecule has 0 saturated carbocycles. The molecule has 0 aliphatic carbocycles. The molecule has 2 aromatic carbocycles. The van der Waals surface area contributed by atoms with Gasteiger partial charge in [-0.15, -0.1) is 0 Å². The third-order valence-corrected chi connectivity index (χ3v) is 4.45. The van der Waals surface area contributed by atoms with E-state index in [1.165, 1.54) is 6.07 Å². The monoisotopic (exact) mass is 280 g/mol. The Morgan fingerprint density at radius 2 is 1.50 bits per heavy atom. The summed E-state index contributed by atoms with van der Waals surface area (Å²) in [5.74, 6) is 0.